The number of carbonyl (C=O) groups is 1. The van der Waals surface area contributed by atoms with Crippen molar-refractivity contribution in [1.29, 1.82) is 0 Å². The van der Waals surface area contributed by atoms with Crippen LogP contribution in [0, 0.1) is 0 Å². The molecule has 3 aromatic carbocycles. The molecule has 0 aromatic heterocycles. The molecule has 4 rings (SSSR count). The van der Waals surface area contributed by atoms with Gasteiger partial charge in [0.25, 0.3) is 0 Å². The highest BCUT2D eigenvalue weighted by Crippen LogP contribution is 2.36. The van der Waals surface area contributed by atoms with Gasteiger partial charge in [0.1, 0.15) is 0 Å². The minimum absolute atomic E-state index is 0.170. The van der Waals surface area contributed by atoms with Gasteiger partial charge in [-0.25, -0.2) is 0 Å². The van der Waals surface area contributed by atoms with Crippen LogP contribution in [0.5, 0.6) is 0 Å². The van der Waals surface area contributed by atoms with Crippen LogP contribution < -0.4 is 4.99 Å². The molecule has 1 atom stereocenters. The van der Waals surface area contributed by atoms with Gasteiger partial charge in [-0.1, -0.05) is 96.0 Å². The SMILES string of the molecule is O=C(CCCC1(c2ccccc2)N=C[N+]=C1c1ccccc1)c1ccccc1. The summed E-state index contributed by atoms with van der Waals surface area (Å²) < 4.78 is 0. The van der Waals surface area contributed by atoms with E-state index in [1.165, 1.54) is 0 Å². The molecule has 28 heavy (non-hydrogen) atoms. The van der Waals surface area contributed by atoms with Crippen molar-refractivity contribution in [3.8, 4) is 0 Å². The topological polar surface area (TPSA) is 43.5 Å². The fourth-order valence-corrected chi connectivity index (χ4v) is 3.79. The maximum absolute atomic E-state index is 12.5. The Kier molecular flexibility index (Phi) is 5.24. The summed E-state index contributed by atoms with van der Waals surface area (Å²) in [4.78, 5) is 22.0. The van der Waals surface area contributed by atoms with E-state index in [1.807, 2.05) is 66.7 Å². The molecular weight excluding hydrogens is 344 g/mol. The molecule has 0 saturated heterocycles. The highest BCUT2D eigenvalue weighted by atomic mass is 16.1. The van der Waals surface area contributed by atoms with Crippen LogP contribution in [0.2, 0.25) is 0 Å². The predicted octanol–water partition coefficient (Wildman–Crippen LogP) is 4.80. The van der Waals surface area contributed by atoms with Crippen molar-refractivity contribution >= 4 is 17.8 Å². The average molecular weight is 366 g/mol. The highest BCUT2D eigenvalue weighted by Gasteiger charge is 2.49. The van der Waals surface area contributed by atoms with Gasteiger partial charge in [0, 0.05) is 29.5 Å². The Morgan fingerprint density at radius 3 is 2.11 bits per heavy atom. The van der Waals surface area contributed by atoms with Crippen LogP contribution in [0.15, 0.2) is 96.0 Å². The molecule has 0 saturated carbocycles. The van der Waals surface area contributed by atoms with E-state index in [9.17, 15) is 4.79 Å². The van der Waals surface area contributed by atoms with E-state index >= 15 is 0 Å². The van der Waals surface area contributed by atoms with Crippen LogP contribution >= 0.6 is 0 Å². The lowest BCUT2D eigenvalue weighted by molar-refractivity contribution is 0.0978. The molecule has 3 heteroatoms. The summed E-state index contributed by atoms with van der Waals surface area (Å²) in [5, 5.41) is 0. The van der Waals surface area contributed by atoms with Crippen molar-refractivity contribution in [3.63, 3.8) is 0 Å². The first-order valence-electron chi connectivity index (χ1n) is 9.61. The minimum atomic E-state index is -0.542. The van der Waals surface area contributed by atoms with Crippen molar-refractivity contribution in [1.82, 2.24) is 4.99 Å². The summed E-state index contributed by atoms with van der Waals surface area (Å²) in [6.45, 7) is 0. The second kappa shape index (κ2) is 8.13. The first-order chi connectivity index (χ1) is 13.8. The van der Waals surface area contributed by atoms with E-state index < -0.39 is 5.54 Å². The zero-order chi connectivity index (χ0) is 19.2. The van der Waals surface area contributed by atoms with Gasteiger partial charge in [-0.3, -0.25) is 4.79 Å². The number of ketones is 1. The van der Waals surface area contributed by atoms with Crippen molar-refractivity contribution in [2.75, 3.05) is 0 Å². The zero-order valence-corrected chi connectivity index (χ0v) is 15.7. The minimum Gasteiger partial charge on any atom is -0.294 e. The number of hydrogen-bond donors (Lipinski definition) is 0. The van der Waals surface area contributed by atoms with E-state index in [0.717, 1.165) is 35.2 Å². The number of hydrogen-bond acceptors (Lipinski definition) is 3. The Balaban J connectivity index is 1.59. The molecule has 3 nitrogen and oxygen atoms in total. The Bertz CT molecular complexity index is 994. The van der Waals surface area contributed by atoms with Crippen LogP contribution in [0.4, 0.5) is 0 Å². The molecule has 3 aromatic rings. The van der Waals surface area contributed by atoms with Crippen molar-refractivity contribution in [3.05, 3.63) is 108 Å². The third-order valence-electron chi connectivity index (χ3n) is 5.19. The average Bonchev–Trinajstić information content (AvgIpc) is 3.20. The summed E-state index contributed by atoms with van der Waals surface area (Å²) in [5.41, 5.74) is 3.35. The summed E-state index contributed by atoms with van der Waals surface area (Å²) in [7, 11) is 0. The molecule has 0 aliphatic carbocycles. The zero-order valence-electron chi connectivity index (χ0n) is 15.7. The van der Waals surface area contributed by atoms with Gasteiger partial charge in [0.2, 0.25) is 11.3 Å². The van der Waals surface area contributed by atoms with Crippen molar-refractivity contribution in [2.24, 2.45) is 4.99 Å². The second-order valence-electron chi connectivity index (χ2n) is 6.96. The monoisotopic (exact) mass is 366 g/mol. The van der Waals surface area contributed by atoms with E-state index in [-0.39, 0.29) is 5.78 Å². The van der Waals surface area contributed by atoms with Crippen LogP contribution in [0.3, 0.4) is 0 Å². The molecule has 0 bridgehead atoms. The Morgan fingerprint density at radius 2 is 1.43 bits per heavy atom. The lowest BCUT2D eigenvalue weighted by Gasteiger charge is -2.21. The fourth-order valence-electron chi connectivity index (χ4n) is 3.79. The van der Waals surface area contributed by atoms with Crippen molar-refractivity contribution in [2.45, 2.75) is 24.8 Å². The molecule has 0 fully saturated rings. The van der Waals surface area contributed by atoms with Gasteiger partial charge in [-0.2, -0.15) is 0 Å². The third-order valence-corrected chi connectivity index (χ3v) is 5.19. The van der Waals surface area contributed by atoms with Crippen LogP contribution in [-0.2, 0) is 5.54 Å². The maximum atomic E-state index is 12.5. The molecule has 0 spiro atoms. The number of carbonyl (C=O) groups excluding carboxylic acids is 1. The van der Waals surface area contributed by atoms with Crippen LogP contribution in [0.25, 0.3) is 0 Å². The first kappa shape index (κ1) is 18.1. The van der Waals surface area contributed by atoms with Gasteiger partial charge >= 0.3 is 6.34 Å². The molecule has 1 unspecified atom stereocenters. The van der Waals surface area contributed by atoms with Gasteiger partial charge in [-0.05, 0) is 11.4 Å². The number of nitrogens with zero attached hydrogens (tertiary/aromatic N) is 2. The standard InChI is InChI=1S/C25H22N2O/c28-23(20-11-4-1-5-12-20)17-10-18-25(22-15-8-3-9-16-22)24(26-19-27-25)21-13-6-2-7-14-21/h1-9,11-16,19H,10,17-18H2/q+1. The lowest BCUT2D eigenvalue weighted by atomic mass is 9.78. The lowest BCUT2D eigenvalue weighted by Crippen LogP contribution is -2.34. The Hall–Kier alpha value is -3.33. The Labute approximate surface area is 165 Å². The van der Waals surface area contributed by atoms with Crippen LogP contribution in [-0.4, -0.2) is 17.8 Å². The second-order valence-corrected chi connectivity index (χ2v) is 6.96. The van der Waals surface area contributed by atoms with E-state index in [0.29, 0.717) is 6.42 Å². The summed E-state index contributed by atoms with van der Waals surface area (Å²) in [6.07, 6.45) is 3.64. The van der Waals surface area contributed by atoms with Gasteiger partial charge < -0.3 is 0 Å². The molecular formula is C25H22N2O+. The van der Waals surface area contributed by atoms with E-state index in [4.69, 9.17) is 4.99 Å². The third kappa shape index (κ3) is 3.56. The maximum Gasteiger partial charge on any atom is 0.323 e. The molecule has 137 valence electrons. The highest BCUT2D eigenvalue weighted by molar-refractivity contribution is 6.12. The first-order valence-corrected chi connectivity index (χ1v) is 9.61. The quantitative estimate of drug-likeness (QED) is 0.554. The van der Waals surface area contributed by atoms with Gasteiger partial charge in [0.15, 0.2) is 5.78 Å². The predicted molar refractivity (Wildman–Crippen MR) is 114 cm³/mol. The van der Waals surface area contributed by atoms with Gasteiger partial charge in [0.05, 0.1) is 0 Å². The smallest absolute Gasteiger partial charge is 0.294 e. The van der Waals surface area contributed by atoms with E-state index in [1.54, 1.807) is 6.34 Å². The molecule has 1 aliphatic rings. The largest absolute Gasteiger partial charge is 0.323 e. The molecule has 1 heterocycles. The van der Waals surface area contributed by atoms with Crippen LogP contribution in [0.1, 0.15) is 40.7 Å². The normalized spacial score (nSPS) is 18.1. The summed E-state index contributed by atoms with van der Waals surface area (Å²) >= 11 is 0. The summed E-state index contributed by atoms with van der Waals surface area (Å²) in [6, 6.07) is 29.9. The summed E-state index contributed by atoms with van der Waals surface area (Å²) in [5.74, 6) is 0.170. The fraction of sp³-hybridized carbons (Fsp3) is 0.160. The number of benzene rings is 3. The molecule has 0 amide bonds. The van der Waals surface area contributed by atoms with Gasteiger partial charge in [-0.15, -0.1) is 0 Å². The molecule has 0 N–H and O–H groups in total. The van der Waals surface area contributed by atoms with E-state index in [2.05, 4.69) is 29.3 Å². The molecule has 1 radical (unpaired) electrons. The van der Waals surface area contributed by atoms with Crippen molar-refractivity contribution < 1.29 is 4.79 Å². The number of Topliss-reactive ketones (excluding diaryl/α,β-unsaturated/α-hetero) is 1. The Morgan fingerprint density at radius 1 is 0.821 bits per heavy atom. The number of rotatable bonds is 7. The molecule has 1 aliphatic heterocycles. The number of aliphatic imine (C=N–C) groups is 2.